The third kappa shape index (κ3) is 5.37. The van der Waals surface area contributed by atoms with Crippen LogP contribution in [0.1, 0.15) is 30.4 Å². The van der Waals surface area contributed by atoms with E-state index in [1.165, 1.54) is 19.3 Å². The number of aliphatic imine (C=N–C) groups is 1. The van der Waals surface area contributed by atoms with Gasteiger partial charge in [-0.3, -0.25) is 0 Å². The lowest BCUT2D eigenvalue weighted by Crippen LogP contribution is -2.41. The van der Waals surface area contributed by atoms with E-state index < -0.39 is 0 Å². The zero-order valence-corrected chi connectivity index (χ0v) is 15.3. The summed E-state index contributed by atoms with van der Waals surface area (Å²) in [5.74, 6) is 1.63. The van der Waals surface area contributed by atoms with E-state index in [1.807, 2.05) is 6.07 Å². The van der Waals surface area contributed by atoms with Crippen LogP contribution in [0.15, 0.2) is 23.2 Å². The lowest BCUT2D eigenvalue weighted by atomic mass is 10.1. The van der Waals surface area contributed by atoms with E-state index in [-0.39, 0.29) is 24.0 Å². The van der Waals surface area contributed by atoms with Gasteiger partial charge in [-0.1, -0.05) is 18.2 Å². The smallest absolute Gasteiger partial charge is 0.191 e. The number of ether oxygens (including phenoxy) is 1. The van der Waals surface area contributed by atoms with Crippen molar-refractivity contribution < 1.29 is 4.74 Å². The van der Waals surface area contributed by atoms with Crippen molar-refractivity contribution in [3.8, 4) is 5.75 Å². The quantitative estimate of drug-likeness (QED) is 0.364. The summed E-state index contributed by atoms with van der Waals surface area (Å²) in [6.45, 7) is 7.37. The van der Waals surface area contributed by atoms with Gasteiger partial charge in [0, 0.05) is 13.1 Å². The molecule has 5 heteroatoms. The molecule has 4 nitrogen and oxygen atoms in total. The number of hydrogen-bond acceptors (Lipinski definition) is 2. The van der Waals surface area contributed by atoms with Crippen LogP contribution in [0.4, 0.5) is 0 Å². The van der Waals surface area contributed by atoms with E-state index in [9.17, 15) is 0 Å². The molecule has 21 heavy (non-hydrogen) atoms. The minimum absolute atomic E-state index is 0. The Morgan fingerprint density at radius 2 is 1.81 bits per heavy atom. The minimum Gasteiger partial charge on any atom is -0.491 e. The molecule has 118 valence electrons. The Kier molecular flexibility index (Phi) is 7.85. The van der Waals surface area contributed by atoms with Crippen LogP contribution in [0.2, 0.25) is 0 Å². The van der Waals surface area contributed by atoms with Crippen molar-refractivity contribution in [2.45, 2.75) is 33.1 Å². The number of benzene rings is 1. The Labute approximate surface area is 144 Å². The molecule has 1 aromatic rings. The second kappa shape index (κ2) is 9.12. The van der Waals surface area contributed by atoms with E-state index in [2.05, 4.69) is 35.9 Å². The highest BCUT2D eigenvalue weighted by Crippen LogP contribution is 2.22. The Morgan fingerprint density at radius 3 is 2.43 bits per heavy atom. The van der Waals surface area contributed by atoms with Gasteiger partial charge in [-0.25, -0.2) is 4.99 Å². The maximum absolute atomic E-state index is 6.01. The first kappa shape index (κ1) is 18.1. The summed E-state index contributed by atoms with van der Waals surface area (Å²) in [6.07, 6.45) is 3.74. The number of piperidine rings is 1. The van der Waals surface area contributed by atoms with Crippen molar-refractivity contribution >= 4 is 29.9 Å². The van der Waals surface area contributed by atoms with Crippen LogP contribution in [0.25, 0.3) is 0 Å². The highest BCUT2D eigenvalue weighted by atomic mass is 127. The van der Waals surface area contributed by atoms with Crippen LogP contribution >= 0.6 is 24.0 Å². The van der Waals surface area contributed by atoms with Gasteiger partial charge in [-0.15, -0.1) is 24.0 Å². The zero-order chi connectivity index (χ0) is 14.4. The first-order chi connectivity index (χ1) is 9.68. The first-order valence-corrected chi connectivity index (χ1v) is 7.42. The molecule has 1 aliphatic heterocycles. The number of hydrogen-bond donors (Lipinski definition) is 1. The molecule has 2 rings (SSSR count). The molecule has 0 aliphatic carbocycles. The molecule has 0 unspecified atom stereocenters. The number of rotatable bonds is 4. The van der Waals surface area contributed by atoms with Crippen molar-refractivity contribution in [3.63, 3.8) is 0 Å². The molecule has 0 atom stereocenters. The molecule has 0 aromatic heterocycles. The summed E-state index contributed by atoms with van der Waals surface area (Å²) >= 11 is 0. The first-order valence-electron chi connectivity index (χ1n) is 7.42. The number of aryl methyl sites for hydroxylation is 2. The fourth-order valence-electron chi connectivity index (χ4n) is 2.56. The van der Waals surface area contributed by atoms with Crippen molar-refractivity contribution in [3.05, 3.63) is 29.3 Å². The van der Waals surface area contributed by atoms with Crippen LogP contribution in [0.5, 0.6) is 5.75 Å². The van der Waals surface area contributed by atoms with Gasteiger partial charge < -0.3 is 15.4 Å². The van der Waals surface area contributed by atoms with Gasteiger partial charge >= 0.3 is 0 Å². The topological polar surface area (TPSA) is 50.9 Å². The number of guanidine groups is 1. The van der Waals surface area contributed by atoms with E-state index in [0.29, 0.717) is 19.1 Å². The largest absolute Gasteiger partial charge is 0.491 e. The summed E-state index contributed by atoms with van der Waals surface area (Å²) in [5, 5.41) is 0. The lowest BCUT2D eigenvalue weighted by molar-refractivity contribution is 0.318. The average molecular weight is 403 g/mol. The van der Waals surface area contributed by atoms with Gasteiger partial charge in [0.05, 0.1) is 6.54 Å². The highest BCUT2D eigenvalue weighted by Gasteiger charge is 2.11. The van der Waals surface area contributed by atoms with Crippen LogP contribution in [0, 0.1) is 13.8 Å². The molecule has 0 amide bonds. The number of halogens is 1. The van der Waals surface area contributed by atoms with Gasteiger partial charge in [0.1, 0.15) is 12.4 Å². The van der Waals surface area contributed by atoms with Gasteiger partial charge in [0.2, 0.25) is 0 Å². The molecular formula is C16H26IN3O. The van der Waals surface area contributed by atoms with Gasteiger partial charge in [-0.2, -0.15) is 0 Å². The molecule has 1 heterocycles. The molecule has 0 bridgehead atoms. The molecule has 2 N–H and O–H groups in total. The fourth-order valence-corrected chi connectivity index (χ4v) is 2.56. The predicted molar refractivity (Wildman–Crippen MR) is 98.7 cm³/mol. The van der Waals surface area contributed by atoms with E-state index in [1.54, 1.807) is 0 Å². The summed E-state index contributed by atoms with van der Waals surface area (Å²) in [5.41, 5.74) is 8.34. The Balaban J connectivity index is 0.00000220. The van der Waals surface area contributed by atoms with E-state index in [4.69, 9.17) is 10.5 Å². The molecule has 0 radical (unpaired) electrons. The summed E-state index contributed by atoms with van der Waals surface area (Å²) in [7, 11) is 0. The number of para-hydroxylation sites is 1. The standard InChI is InChI=1S/C16H25N3O.HI/c1-13-7-6-8-14(2)15(13)20-12-9-18-16(17)19-10-4-3-5-11-19;/h6-8H,3-5,9-12H2,1-2H3,(H2,17,18);1H. The van der Waals surface area contributed by atoms with Crippen molar-refractivity contribution in [2.75, 3.05) is 26.2 Å². The van der Waals surface area contributed by atoms with Gasteiger partial charge in [0.25, 0.3) is 0 Å². The second-order valence-corrected chi connectivity index (χ2v) is 5.36. The Morgan fingerprint density at radius 1 is 1.19 bits per heavy atom. The number of nitrogens with zero attached hydrogens (tertiary/aromatic N) is 2. The fraction of sp³-hybridized carbons (Fsp3) is 0.562. The number of likely N-dealkylation sites (tertiary alicyclic amines) is 1. The van der Waals surface area contributed by atoms with E-state index in [0.717, 1.165) is 30.0 Å². The van der Waals surface area contributed by atoms with Gasteiger partial charge in [0.15, 0.2) is 5.96 Å². The Bertz CT molecular complexity index is 450. The number of nitrogens with two attached hydrogens (primary N) is 1. The molecule has 1 aliphatic rings. The molecule has 1 fully saturated rings. The normalized spacial score (nSPS) is 15.5. The highest BCUT2D eigenvalue weighted by molar-refractivity contribution is 14.0. The van der Waals surface area contributed by atoms with Crippen molar-refractivity contribution in [2.24, 2.45) is 10.7 Å². The van der Waals surface area contributed by atoms with E-state index >= 15 is 0 Å². The Hall–Kier alpha value is -0.980. The van der Waals surface area contributed by atoms with Crippen LogP contribution < -0.4 is 10.5 Å². The molecule has 0 spiro atoms. The third-order valence-electron chi connectivity index (χ3n) is 3.70. The molecule has 0 saturated carbocycles. The summed E-state index contributed by atoms with van der Waals surface area (Å²) in [6, 6.07) is 6.17. The van der Waals surface area contributed by atoms with Crippen molar-refractivity contribution in [1.82, 2.24) is 4.90 Å². The summed E-state index contributed by atoms with van der Waals surface area (Å²) < 4.78 is 5.82. The maximum Gasteiger partial charge on any atom is 0.191 e. The molecular weight excluding hydrogens is 377 g/mol. The predicted octanol–water partition coefficient (Wildman–Crippen LogP) is 3.10. The van der Waals surface area contributed by atoms with Crippen LogP contribution in [-0.4, -0.2) is 37.1 Å². The molecule has 1 saturated heterocycles. The SMILES string of the molecule is Cc1cccc(C)c1OCCN=C(N)N1CCCCC1.I. The van der Waals surface area contributed by atoms with Gasteiger partial charge in [-0.05, 0) is 44.2 Å². The minimum atomic E-state index is 0. The molecule has 1 aromatic carbocycles. The lowest BCUT2D eigenvalue weighted by Gasteiger charge is -2.27. The van der Waals surface area contributed by atoms with Crippen molar-refractivity contribution in [1.29, 1.82) is 0 Å². The summed E-state index contributed by atoms with van der Waals surface area (Å²) in [4.78, 5) is 6.59. The zero-order valence-electron chi connectivity index (χ0n) is 13.0. The monoisotopic (exact) mass is 403 g/mol. The third-order valence-corrected chi connectivity index (χ3v) is 3.70. The van der Waals surface area contributed by atoms with Crippen LogP contribution in [-0.2, 0) is 0 Å². The second-order valence-electron chi connectivity index (χ2n) is 5.36. The average Bonchev–Trinajstić information content (AvgIpc) is 2.46. The van der Waals surface area contributed by atoms with Crippen LogP contribution in [0.3, 0.4) is 0 Å². The maximum atomic E-state index is 6.01.